The largest absolute Gasteiger partial charge is 0.463 e. The van der Waals surface area contributed by atoms with Crippen molar-refractivity contribution < 1.29 is 9.53 Å². The molecule has 2 N–H and O–H groups in total. The number of carbonyl (C=O) groups excluding carboxylic acids is 1. The van der Waals surface area contributed by atoms with Gasteiger partial charge in [0.05, 0.1) is 0 Å². The van der Waals surface area contributed by atoms with Gasteiger partial charge in [0.25, 0.3) is 0 Å². The van der Waals surface area contributed by atoms with Gasteiger partial charge in [-0.2, -0.15) is 5.10 Å². The zero-order valence-electron chi connectivity index (χ0n) is 18.1. The predicted octanol–water partition coefficient (Wildman–Crippen LogP) is 5.08. The number of ether oxygens (including phenoxy) is 1. The molecule has 4 unspecified atom stereocenters. The average Bonchev–Trinajstić information content (AvgIpc) is 2.99. The van der Waals surface area contributed by atoms with Crippen molar-refractivity contribution in [1.29, 1.82) is 0 Å². The van der Waals surface area contributed by atoms with E-state index < -0.39 is 0 Å². The molecule has 28 heavy (non-hydrogen) atoms. The number of carbonyl (C=O) groups is 1. The van der Waals surface area contributed by atoms with E-state index >= 15 is 0 Å². The molecule has 0 aromatic rings. The van der Waals surface area contributed by atoms with Crippen molar-refractivity contribution in [2.24, 2.45) is 51.4 Å². The van der Waals surface area contributed by atoms with E-state index in [9.17, 15) is 4.79 Å². The van der Waals surface area contributed by atoms with Crippen molar-refractivity contribution in [1.82, 2.24) is 0 Å². The molecule has 4 nitrogen and oxygen atoms in total. The number of fused-ring (bicyclic) bond motifs is 5. The number of nitrogens with zero attached hydrogens (tertiary/aromatic N) is 1. The Morgan fingerprint density at radius 1 is 1.21 bits per heavy atom. The van der Waals surface area contributed by atoms with Crippen LogP contribution in [0.3, 0.4) is 0 Å². The molecule has 0 radical (unpaired) electrons. The first-order chi connectivity index (χ1) is 13.3. The second-order valence-electron chi connectivity index (χ2n) is 10.6. The summed E-state index contributed by atoms with van der Waals surface area (Å²) in [7, 11) is 0. The zero-order valence-corrected chi connectivity index (χ0v) is 18.1. The maximum atomic E-state index is 11.4. The Kier molecular flexibility index (Phi) is 5.12. The van der Waals surface area contributed by atoms with Gasteiger partial charge in [0.2, 0.25) is 0 Å². The van der Waals surface area contributed by atoms with Crippen LogP contribution in [0.2, 0.25) is 0 Å². The van der Waals surface area contributed by atoms with Crippen molar-refractivity contribution >= 4 is 12.2 Å². The Balaban J connectivity index is 1.57. The third kappa shape index (κ3) is 3.02. The van der Waals surface area contributed by atoms with Gasteiger partial charge in [0.15, 0.2) is 0 Å². The van der Waals surface area contributed by atoms with Crippen LogP contribution in [0.1, 0.15) is 79.1 Å². The van der Waals surface area contributed by atoms with Crippen LogP contribution in [-0.4, -0.2) is 18.3 Å². The minimum atomic E-state index is -0.124. The lowest BCUT2D eigenvalue weighted by Gasteiger charge is -2.57. The van der Waals surface area contributed by atoms with Gasteiger partial charge in [-0.05, 0) is 91.8 Å². The van der Waals surface area contributed by atoms with Crippen molar-refractivity contribution in [2.75, 3.05) is 0 Å². The fourth-order valence-corrected chi connectivity index (χ4v) is 7.96. The Morgan fingerprint density at radius 3 is 2.64 bits per heavy atom. The molecule has 3 fully saturated rings. The third-order valence-electron chi connectivity index (χ3n) is 9.39. The molecule has 0 spiro atoms. The summed E-state index contributed by atoms with van der Waals surface area (Å²) in [6.07, 6.45) is 14.4. The average molecular weight is 387 g/mol. The summed E-state index contributed by atoms with van der Waals surface area (Å²) in [6.45, 7) is 8.92. The topological polar surface area (TPSA) is 64.7 Å². The van der Waals surface area contributed by atoms with Crippen LogP contribution < -0.4 is 5.84 Å². The highest BCUT2D eigenvalue weighted by molar-refractivity contribution is 5.66. The lowest BCUT2D eigenvalue weighted by molar-refractivity contribution is -0.152. The van der Waals surface area contributed by atoms with Gasteiger partial charge in [-0.1, -0.05) is 32.4 Å². The molecule has 4 aliphatic carbocycles. The van der Waals surface area contributed by atoms with Crippen molar-refractivity contribution in [3.63, 3.8) is 0 Å². The van der Waals surface area contributed by atoms with Gasteiger partial charge in [-0.3, -0.25) is 4.79 Å². The Bertz CT molecular complexity index is 686. The highest BCUT2D eigenvalue weighted by atomic mass is 16.5. The fourth-order valence-electron chi connectivity index (χ4n) is 7.96. The number of nitrogens with two attached hydrogens (primary N) is 1. The van der Waals surface area contributed by atoms with Gasteiger partial charge in [-0.15, -0.1) is 0 Å². The number of esters is 1. The minimum absolute atomic E-state index is 0.124. The van der Waals surface area contributed by atoms with Gasteiger partial charge >= 0.3 is 5.97 Å². The van der Waals surface area contributed by atoms with Crippen molar-refractivity contribution in [3.8, 4) is 0 Å². The van der Waals surface area contributed by atoms with Gasteiger partial charge in [0.1, 0.15) is 6.10 Å². The summed E-state index contributed by atoms with van der Waals surface area (Å²) in [4.78, 5) is 11.4. The Hall–Kier alpha value is -1.32. The van der Waals surface area contributed by atoms with Crippen LogP contribution in [0.4, 0.5) is 0 Å². The minimum Gasteiger partial charge on any atom is -0.463 e. The molecule has 156 valence electrons. The number of hydrogen-bond donors (Lipinski definition) is 1. The van der Waals surface area contributed by atoms with E-state index in [1.807, 2.05) is 6.21 Å². The first kappa shape index (κ1) is 20.0. The quantitative estimate of drug-likeness (QED) is 0.242. The zero-order chi connectivity index (χ0) is 20.1. The summed E-state index contributed by atoms with van der Waals surface area (Å²) >= 11 is 0. The second-order valence-corrected chi connectivity index (χ2v) is 10.6. The monoisotopic (exact) mass is 386 g/mol. The molecule has 0 heterocycles. The number of allylic oxidation sites excluding steroid dienone is 2. The summed E-state index contributed by atoms with van der Waals surface area (Å²) in [6, 6.07) is 0. The van der Waals surface area contributed by atoms with E-state index in [1.54, 1.807) is 12.5 Å². The summed E-state index contributed by atoms with van der Waals surface area (Å²) in [5.74, 6) is 8.61. The molecule has 0 aliphatic heterocycles. The SMILES string of the molecule is CC(=O)O[C@H]1CC[C@@]2(C)C(CC=C3C2CC[C@@]2(C)C3CCC2[C@H](C)/C=N/N)C1. The molecule has 8 atom stereocenters. The Morgan fingerprint density at radius 2 is 1.93 bits per heavy atom. The van der Waals surface area contributed by atoms with Crippen LogP contribution >= 0.6 is 0 Å². The molecule has 3 saturated carbocycles. The normalized spacial score (nSPS) is 46.3. The lowest BCUT2D eigenvalue weighted by Crippen LogP contribution is -2.50. The summed E-state index contributed by atoms with van der Waals surface area (Å²) < 4.78 is 5.59. The van der Waals surface area contributed by atoms with E-state index in [0.717, 1.165) is 31.1 Å². The lowest BCUT2D eigenvalue weighted by atomic mass is 9.47. The van der Waals surface area contributed by atoms with E-state index in [2.05, 4.69) is 31.9 Å². The second kappa shape index (κ2) is 7.18. The van der Waals surface area contributed by atoms with Gasteiger partial charge in [-0.25, -0.2) is 0 Å². The molecule has 4 rings (SSSR count). The molecule has 0 bridgehead atoms. The standard InChI is InChI=1S/C24H38N2O2/c1-15(14-26-25)20-7-8-21-19-6-5-17-13-18(28-16(2)27)9-11-23(17,3)22(19)10-12-24(20,21)4/h6,14-15,17-18,20-22H,5,7-13,25H2,1-4H3/b26-14+/t15-,17?,18+,20?,21?,22?,23+,24-/m1/s1. The van der Waals surface area contributed by atoms with Crippen LogP contribution in [0.25, 0.3) is 0 Å². The smallest absolute Gasteiger partial charge is 0.302 e. The van der Waals surface area contributed by atoms with Gasteiger partial charge < -0.3 is 10.6 Å². The van der Waals surface area contributed by atoms with E-state index in [1.165, 1.54) is 32.1 Å². The number of hydrogen-bond acceptors (Lipinski definition) is 4. The molecule has 4 aliphatic rings. The molecule has 0 aromatic heterocycles. The Labute approximate surface area is 170 Å². The molecule has 4 heteroatoms. The van der Waals surface area contributed by atoms with Crippen LogP contribution in [0.5, 0.6) is 0 Å². The predicted molar refractivity (Wildman–Crippen MR) is 113 cm³/mol. The van der Waals surface area contributed by atoms with E-state index in [-0.39, 0.29) is 12.1 Å². The van der Waals surface area contributed by atoms with E-state index in [4.69, 9.17) is 10.6 Å². The first-order valence-electron chi connectivity index (χ1n) is 11.4. The molecule has 0 amide bonds. The molecular formula is C24H38N2O2. The first-order valence-corrected chi connectivity index (χ1v) is 11.4. The van der Waals surface area contributed by atoms with Crippen LogP contribution in [-0.2, 0) is 9.53 Å². The summed E-state index contributed by atoms with van der Waals surface area (Å²) in [5, 5.41) is 3.85. The number of rotatable bonds is 3. The van der Waals surface area contributed by atoms with Crippen LogP contribution in [0.15, 0.2) is 16.8 Å². The van der Waals surface area contributed by atoms with Gasteiger partial charge in [0, 0.05) is 13.1 Å². The fraction of sp³-hybridized carbons (Fsp3) is 0.833. The molecular weight excluding hydrogens is 348 g/mol. The number of hydrazone groups is 1. The van der Waals surface area contributed by atoms with E-state index in [0.29, 0.717) is 28.6 Å². The highest BCUT2D eigenvalue weighted by Gasteiger charge is 2.58. The molecule has 0 aromatic carbocycles. The van der Waals surface area contributed by atoms with Crippen molar-refractivity contribution in [3.05, 3.63) is 11.6 Å². The maximum Gasteiger partial charge on any atom is 0.302 e. The summed E-state index contributed by atoms with van der Waals surface area (Å²) in [5.41, 5.74) is 2.55. The third-order valence-corrected chi connectivity index (χ3v) is 9.39. The highest BCUT2D eigenvalue weighted by Crippen LogP contribution is 2.66. The van der Waals surface area contributed by atoms with Crippen LogP contribution in [0, 0.1) is 40.4 Å². The molecule has 0 saturated heterocycles. The maximum absolute atomic E-state index is 11.4. The van der Waals surface area contributed by atoms with Crippen molar-refractivity contribution in [2.45, 2.75) is 85.2 Å².